The van der Waals surface area contributed by atoms with E-state index in [1.165, 1.54) is 24.3 Å². The van der Waals surface area contributed by atoms with Gasteiger partial charge in [0.1, 0.15) is 0 Å². The molecular weight excluding hydrogens is 349 g/mol. The predicted molar refractivity (Wildman–Crippen MR) is 84.8 cm³/mol. The molecule has 3 N–H and O–H groups in total. The van der Waals surface area contributed by atoms with E-state index in [9.17, 15) is 18.7 Å². The first-order valence-electron chi connectivity index (χ1n) is 6.49. The number of carbonyl (C=O) groups excluding carboxylic acids is 1. The highest BCUT2D eigenvalue weighted by Crippen LogP contribution is 2.22. The van der Waals surface area contributed by atoms with E-state index in [0.29, 0.717) is 15.7 Å². The quantitative estimate of drug-likeness (QED) is 0.767. The molecular formula is C15H12Cl2F2N2O2. The van der Waals surface area contributed by atoms with Crippen LogP contribution in [-0.4, -0.2) is 17.7 Å². The van der Waals surface area contributed by atoms with Gasteiger partial charge in [-0.05, 0) is 35.9 Å². The topological polar surface area (TPSA) is 61.4 Å². The summed E-state index contributed by atoms with van der Waals surface area (Å²) in [6.07, 6.45) is -1.18. The molecule has 1 atom stereocenters. The maximum absolute atomic E-state index is 13.1. The number of amides is 2. The van der Waals surface area contributed by atoms with Crippen LogP contribution >= 0.6 is 23.2 Å². The highest BCUT2D eigenvalue weighted by Gasteiger charge is 2.12. The summed E-state index contributed by atoms with van der Waals surface area (Å²) in [4.78, 5) is 11.7. The largest absolute Gasteiger partial charge is 0.387 e. The summed E-state index contributed by atoms with van der Waals surface area (Å²) in [6.45, 7) is -0.189. The number of hydrogen-bond donors (Lipinski definition) is 3. The van der Waals surface area contributed by atoms with E-state index >= 15 is 0 Å². The lowest BCUT2D eigenvalue weighted by Crippen LogP contribution is -2.32. The lowest BCUT2D eigenvalue weighted by Gasteiger charge is -2.13. The SMILES string of the molecule is O=C(NCC(O)c1ccc(F)c(F)c1)Nc1cc(Cl)cc(Cl)c1. The number of halogens is 4. The second kappa shape index (κ2) is 7.59. The maximum atomic E-state index is 13.1. The fourth-order valence-corrected chi connectivity index (χ4v) is 2.35. The lowest BCUT2D eigenvalue weighted by molar-refractivity contribution is 0.174. The first-order valence-corrected chi connectivity index (χ1v) is 7.24. The summed E-state index contributed by atoms with van der Waals surface area (Å²) in [6, 6.07) is 6.92. The van der Waals surface area contributed by atoms with Gasteiger partial charge in [0.25, 0.3) is 0 Å². The molecule has 0 saturated carbocycles. The molecule has 122 valence electrons. The molecule has 0 radical (unpaired) electrons. The standard InChI is InChI=1S/C15H12Cl2F2N2O2/c16-9-4-10(17)6-11(5-9)21-15(23)20-7-14(22)8-1-2-12(18)13(19)3-8/h1-6,14,22H,7H2,(H2,20,21,23). The van der Waals surface area contributed by atoms with Gasteiger partial charge in [-0.25, -0.2) is 13.6 Å². The molecule has 2 amide bonds. The molecule has 0 aromatic heterocycles. The Balaban J connectivity index is 1.91. The number of benzene rings is 2. The highest BCUT2D eigenvalue weighted by atomic mass is 35.5. The van der Waals surface area contributed by atoms with Crippen molar-refractivity contribution >= 4 is 34.9 Å². The zero-order valence-corrected chi connectivity index (χ0v) is 13.1. The molecule has 4 nitrogen and oxygen atoms in total. The Labute approximate surface area is 141 Å². The molecule has 0 saturated heterocycles. The van der Waals surface area contributed by atoms with Gasteiger partial charge in [0.05, 0.1) is 6.10 Å². The Kier molecular flexibility index (Phi) is 5.76. The third-order valence-electron chi connectivity index (χ3n) is 2.90. The molecule has 1 unspecified atom stereocenters. The lowest BCUT2D eigenvalue weighted by atomic mass is 10.1. The Hall–Kier alpha value is -1.89. The van der Waals surface area contributed by atoms with Crippen molar-refractivity contribution in [3.8, 4) is 0 Å². The van der Waals surface area contributed by atoms with Crippen molar-refractivity contribution in [2.75, 3.05) is 11.9 Å². The third kappa shape index (κ3) is 5.06. The van der Waals surface area contributed by atoms with Crippen LogP contribution in [0.5, 0.6) is 0 Å². The van der Waals surface area contributed by atoms with Crippen molar-refractivity contribution in [2.24, 2.45) is 0 Å². The molecule has 0 bridgehead atoms. The summed E-state index contributed by atoms with van der Waals surface area (Å²) in [5.74, 6) is -2.08. The van der Waals surface area contributed by atoms with Crippen molar-refractivity contribution in [1.82, 2.24) is 5.32 Å². The molecule has 0 heterocycles. The van der Waals surface area contributed by atoms with E-state index < -0.39 is 23.8 Å². The number of anilines is 1. The molecule has 2 rings (SSSR count). The Morgan fingerprint density at radius 1 is 1.09 bits per heavy atom. The predicted octanol–water partition coefficient (Wildman–Crippen LogP) is 4.13. The third-order valence-corrected chi connectivity index (χ3v) is 3.34. The zero-order valence-electron chi connectivity index (χ0n) is 11.6. The van der Waals surface area contributed by atoms with Crippen molar-refractivity contribution < 1.29 is 18.7 Å². The van der Waals surface area contributed by atoms with Gasteiger partial charge in [-0.3, -0.25) is 0 Å². The number of rotatable bonds is 4. The van der Waals surface area contributed by atoms with Crippen molar-refractivity contribution in [1.29, 1.82) is 0 Å². The van der Waals surface area contributed by atoms with Gasteiger partial charge in [-0.15, -0.1) is 0 Å². The van der Waals surface area contributed by atoms with Gasteiger partial charge in [-0.2, -0.15) is 0 Å². The van der Waals surface area contributed by atoms with E-state index in [1.807, 2.05) is 0 Å². The number of hydrogen-bond acceptors (Lipinski definition) is 2. The van der Waals surface area contributed by atoms with E-state index in [1.54, 1.807) is 0 Å². The van der Waals surface area contributed by atoms with Crippen LogP contribution in [0.3, 0.4) is 0 Å². The molecule has 0 aliphatic rings. The van der Waals surface area contributed by atoms with Gasteiger partial charge in [-0.1, -0.05) is 29.3 Å². The Morgan fingerprint density at radius 2 is 1.74 bits per heavy atom. The fourth-order valence-electron chi connectivity index (χ4n) is 1.83. The first-order chi connectivity index (χ1) is 10.8. The molecule has 2 aromatic rings. The zero-order chi connectivity index (χ0) is 17.0. The molecule has 0 fully saturated rings. The highest BCUT2D eigenvalue weighted by molar-refractivity contribution is 6.35. The fraction of sp³-hybridized carbons (Fsp3) is 0.133. The number of aliphatic hydroxyl groups is 1. The van der Waals surface area contributed by atoms with Gasteiger partial charge in [0.2, 0.25) is 0 Å². The molecule has 0 aliphatic carbocycles. The Morgan fingerprint density at radius 3 is 2.35 bits per heavy atom. The number of urea groups is 1. The second-order valence-corrected chi connectivity index (χ2v) is 5.56. The van der Waals surface area contributed by atoms with Crippen LogP contribution in [0.2, 0.25) is 10.0 Å². The minimum Gasteiger partial charge on any atom is -0.387 e. The van der Waals surface area contributed by atoms with Crippen molar-refractivity contribution in [3.05, 3.63) is 63.6 Å². The second-order valence-electron chi connectivity index (χ2n) is 4.68. The molecule has 2 aromatic carbocycles. The van der Waals surface area contributed by atoms with Crippen LogP contribution in [0.15, 0.2) is 36.4 Å². The summed E-state index contributed by atoms with van der Waals surface area (Å²) in [7, 11) is 0. The van der Waals surface area contributed by atoms with Crippen molar-refractivity contribution in [2.45, 2.75) is 6.10 Å². The normalized spacial score (nSPS) is 11.9. The van der Waals surface area contributed by atoms with Crippen LogP contribution in [-0.2, 0) is 0 Å². The van der Waals surface area contributed by atoms with Crippen molar-refractivity contribution in [3.63, 3.8) is 0 Å². The molecule has 0 aliphatic heterocycles. The van der Waals surface area contributed by atoms with E-state index in [4.69, 9.17) is 23.2 Å². The summed E-state index contributed by atoms with van der Waals surface area (Å²) >= 11 is 11.6. The minimum absolute atomic E-state index is 0.148. The summed E-state index contributed by atoms with van der Waals surface area (Å²) < 4.78 is 25.9. The Bertz CT molecular complexity index is 708. The maximum Gasteiger partial charge on any atom is 0.319 e. The molecule has 23 heavy (non-hydrogen) atoms. The minimum atomic E-state index is -1.18. The monoisotopic (exact) mass is 360 g/mol. The summed E-state index contributed by atoms with van der Waals surface area (Å²) in [5.41, 5.74) is 0.525. The van der Waals surface area contributed by atoms with Crippen LogP contribution in [0.4, 0.5) is 19.3 Å². The average molecular weight is 361 g/mol. The first kappa shape index (κ1) is 17.5. The number of aliphatic hydroxyl groups excluding tert-OH is 1. The van der Waals surface area contributed by atoms with Crippen LogP contribution < -0.4 is 10.6 Å². The summed E-state index contributed by atoms with van der Waals surface area (Å²) in [5, 5.41) is 15.5. The smallest absolute Gasteiger partial charge is 0.319 e. The van der Waals surface area contributed by atoms with E-state index in [0.717, 1.165) is 12.1 Å². The molecule has 8 heteroatoms. The van der Waals surface area contributed by atoms with Crippen LogP contribution in [0.25, 0.3) is 0 Å². The molecule has 0 spiro atoms. The van der Waals surface area contributed by atoms with E-state index in [2.05, 4.69) is 10.6 Å². The van der Waals surface area contributed by atoms with Crippen LogP contribution in [0, 0.1) is 11.6 Å². The number of carbonyl (C=O) groups is 1. The van der Waals surface area contributed by atoms with Gasteiger partial charge in [0.15, 0.2) is 11.6 Å². The van der Waals surface area contributed by atoms with Crippen LogP contribution in [0.1, 0.15) is 11.7 Å². The van der Waals surface area contributed by atoms with E-state index in [-0.39, 0.29) is 12.1 Å². The number of nitrogens with one attached hydrogen (secondary N) is 2. The van der Waals surface area contributed by atoms with Gasteiger partial charge >= 0.3 is 6.03 Å². The van der Waals surface area contributed by atoms with Gasteiger partial charge < -0.3 is 15.7 Å². The average Bonchev–Trinajstić information content (AvgIpc) is 2.46. The van der Waals surface area contributed by atoms with Gasteiger partial charge in [0, 0.05) is 22.3 Å².